The van der Waals surface area contributed by atoms with Crippen LogP contribution < -0.4 is 5.32 Å². The normalized spacial score (nSPS) is 22.9. The van der Waals surface area contributed by atoms with Gasteiger partial charge in [-0.05, 0) is 35.8 Å². The van der Waals surface area contributed by atoms with Crippen molar-refractivity contribution < 1.29 is 0 Å². The number of aromatic amines is 1. The van der Waals surface area contributed by atoms with E-state index in [1.165, 1.54) is 29.7 Å². The summed E-state index contributed by atoms with van der Waals surface area (Å²) >= 11 is 2.09. The van der Waals surface area contributed by atoms with Gasteiger partial charge < -0.3 is 5.32 Å². The third-order valence-electron chi connectivity index (χ3n) is 3.94. The van der Waals surface area contributed by atoms with Gasteiger partial charge in [0.1, 0.15) is 0 Å². The average Bonchev–Trinajstić information content (AvgIpc) is 3.01. The highest BCUT2D eigenvalue weighted by molar-refractivity contribution is 7.99. The number of rotatable bonds is 4. The number of hydrogen-bond donors (Lipinski definition) is 2. The van der Waals surface area contributed by atoms with Crippen molar-refractivity contribution in [2.45, 2.75) is 37.6 Å². The van der Waals surface area contributed by atoms with Crippen LogP contribution in [0.25, 0.3) is 11.3 Å². The van der Waals surface area contributed by atoms with Crippen LogP contribution in [0.15, 0.2) is 36.5 Å². The van der Waals surface area contributed by atoms with Gasteiger partial charge in [-0.2, -0.15) is 16.9 Å². The lowest BCUT2D eigenvalue weighted by Gasteiger charge is -2.29. The minimum atomic E-state index is 0.654. The Kier molecular flexibility index (Phi) is 4.43. The Morgan fingerprint density at radius 3 is 2.85 bits per heavy atom. The van der Waals surface area contributed by atoms with E-state index >= 15 is 0 Å². The molecule has 1 aromatic heterocycles. The van der Waals surface area contributed by atoms with Crippen molar-refractivity contribution in [2.75, 3.05) is 5.75 Å². The van der Waals surface area contributed by atoms with Crippen molar-refractivity contribution in [1.29, 1.82) is 0 Å². The van der Waals surface area contributed by atoms with Gasteiger partial charge in [0.05, 0.1) is 5.69 Å². The number of hydrogen-bond acceptors (Lipinski definition) is 3. The Morgan fingerprint density at radius 1 is 1.30 bits per heavy atom. The molecule has 1 aliphatic heterocycles. The van der Waals surface area contributed by atoms with Crippen LogP contribution in [0, 0.1) is 0 Å². The fourth-order valence-electron chi connectivity index (χ4n) is 2.66. The van der Waals surface area contributed by atoms with Gasteiger partial charge in [0.2, 0.25) is 0 Å². The van der Waals surface area contributed by atoms with Crippen LogP contribution in [0.5, 0.6) is 0 Å². The highest BCUT2D eigenvalue weighted by atomic mass is 32.2. The first-order chi connectivity index (χ1) is 9.83. The maximum Gasteiger partial charge on any atom is 0.0650 e. The van der Waals surface area contributed by atoms with Crippen LogP contribution >= 0.6 is 11.8 Å². The quantitative estimate of drug-likeness (QED) is 0.905. The van der Waals surface area contributed by atoms with E-state index in [2.05, 4.69) is 58.5 Å². The summed E-state index contributed by atoms with van der Waals surface area (Å²) in [5.41, 5.74) is 3.60. The third-order valence-corrected chi connectivity index (χ3v) is 5.32. The van der Waals surface area contributed by atoms with Crippen molar-refractivity contribution in [1.82, 2.24) is 15.5 Å². The first-order valence-corrected chi connectivity index (χ1v) is 8.31. The van der Waals surface area contributed by atoms with E-state index in [0.717, 1.165) is 17.5 Å². The van der Waals surface area contributed by atoms with Crippen molar-refractivity contribution in [3.63, 3.8) is 0 Å². The van der Waals surface area contributed by atoms with Crippen LogP contribution in [-0.2, 0) is 6.54 Å². The second kappa shape index (κ2) is 6.46. The molecule has 2 atom stereocenters. The van der Waals surface area contributed by atoms with Gasteiger partial charge >= 0.3 is 0 Å². The van der Waals surface area contributed by atoms with Gasteiger partial charge in [-0.1, -0.05) is 31.2 Å². The largest absolute Gasteiger partial charge is 0.309 e. The lowest BCUT2D eigenvalue weighted by molar-refractivity contribution is 0.462. The fraction of sp³-hybridized carbons (Fsp3) is 0.438. The summed E-state index contributed by atoms with van der Waals surface area (Å²) in [5.74, 6) is 1.32. The Bertz CT molecular complexity index is 521. The first kappa shape index (κ1) is 13.7. The molecule has 1 fully saturated rings. The summed E-state index contributed by atoms with van der Waals surface area (Å²) in [6.45, 7) is 3.29. The molecule has 0 saturated carbocycles. The summed E-state index contributed by atoms with van der Waals surface area (Å²) in [6.07, 6.45) is 4.43. The number of nitrogens with one attached hydrogen (secondary N) is 2. The van der Waals surface area contributed by atoms with Crippen LogP contribution in [-0.4, -0.2) is 27.2 Å². The molecule has 3 rings (SSSR count). The van der Waals surface area contributed by atoms with E-state index in [-0.39, 0.29) is 0 Å². The molecule has 1 aromatic carbocycles. The van der Waals surface area contributed by atoms with Gasteiger partial charge in [0, 0.05) is 24.0 Å². The molecule has 1 aliphatic rings. The molecule has 0 bridgehead atoms. The maximum atomic E-state index is 3.99. The Labute approximate surface area is 124 Å². The number of aromatic nitrogens is 2. The maximum absolute atomic E-state index is 3.99. The summed E-state index contributed by atoms with van der Waals surface area (Å²) in [4.78, 5) is 0. The number of thioether (sulfide) groups is 1. The van der Waals surface area contributed by atoms with Crippen LogP contribution in [0.3, 0.4) is 0 Å². The molecule has 0 amide bonds. The minimum Gasteiger partial charge on any atom is -0.309 e. The predicted octanol–water partition coefficient (Wildman–Crippen LogP) is 3.45. The molecule has 2 N–H and O–H groups in total. The molecule has 2 heterocycles. The summed E-state index contributed by atoms with van der Waals surface area (Å²) in [6, 6.07) is 11.4. The van der Waals surface area contributed by atoms with Crippen molar-refractivity contribution >= 4 is 11.8 Å². The number of benzene rings is 1. The zero-order chi connectivity index (χ0) is 13.8. The summed E-state index contributed by atoms with van der Waals surface area (Å²) in [5, 5.41) is 11.4. The lowest BCUT2D eigenvalue weighted by atomic mass is 10.1. The Morgan fingerprint density at radius 2 is 2.15 bits per heavy atom. The molecule has 0 radical (unpaired) electrons. The van der Waals surface area contributed by atoms with Gasteiger partial charge in [0.25, 0.3) is 0 Å². The Hall–Kier alpha value is -1.26. The van der Waals surface area contributed by atoms with Gasteiger partial charge in [-0.25, -0.2) is 0 Å². The zero-order valence-corrected chi connectivity index (χ0v) is 12.6. The highest BCUT2D eigenvalue weighted by Gasteiger charge is 2.20. The monoisotopic (exact) mass is 287 g/mol. The molecule has 2 unspecified atom stereocenters. The summed E-state index contributed by atoms with van der Waals surface area (Å²) < 4.78 is 0. The molecule has 3 nitrogen and oxygen atoms in total. The van der Waals surface area contributed by atoms with Gasteiger partial charge in [0.15, 0.2) is 0 Å². The molecular formula is C16H21N3S. The van der Waals surface area contributed by atoms with E-state index in [9.17, 15) is 0 Å². The van der Waals surface area contributed by atoms with E-state index < -0.39 is 0 Å². The average molecular weight is 287 g/mol. The highest BCUT2D eigenvalue weighted by Crippen LogP contribution is 2.25. The van der Waals surface area contributed by atoms with Crippen LogP contribution in [0.4, 0.5) is 0 Å². The first-order valence-electron chi connectivity index (χ1n) is 7.26. The molecule has 1 saturated heterocycles. The third kappa shape index (κ3) is 3.25. The van der Waals surface area contributed by atoms with Crippen molar-refractivity contribution in [3.8, 4) is 11.3 Å². The number of H-pyrrole nitrogens is 1. The lowest BCUT2D eigenvalue weighted by Crippen LogP contribution is -2.38. The van der Waals surface area contributed by atoms with Crippen LogP contribution in [0.2, 0.25) is 0 Å². The smallest absolute Gasteiger partial charge is 0.0650 e. The van der Waals surface area contributed by atoms with E-state index in [1.54, 1.807) is 6.20 Å². The van der Waals surface area contributed by atoms with Crippen molar-refractivity contribution in [3.05, 3.63) is 42.1 Å². The van der Waals surface area contributed by atoms with E-state index in [4.69, 9.17) is 0 Å². The zero-order valence-electron chi connectivity index (χ0n) is 11.8. The SMILES string of the molecule is CC1SCCCC1NCc1ccc(-c2ccn[nH]2)cc1. The molecule has 2 aromatic rings. The second-order valence-corrected chi connectivity index (χ2v) is 6.86. The Balaban J connectivity index is 1.58. The molecule has 20 heavy (non-hydrogen) atoms. The molecule has 0 spiro atoms. The fourth-order valence-corrected chi connectivity index (χ4v) is 3.83. The molecule has 0 aliphatic carbocycles. The molecular weight excluding hydrogens is 266 g/mol. The number of nitrogens with zero attached hydrogens (tertiary/aromatic N) is 1. The predicted molar refractivity (Wildman–Crippen MR) is 85.8 cm³/mol. The van der Waals surface area contributed by atoms with E-state index in [0.29, 0.717) is 6.04 Å². The second-order valence-electron chi connectivity index (χ2n) is 5.37. The van der Waals surface area contributed by atoms with E-state index in [1.807, 2.05) is 6.07 Å². The summed E-state index contributed by atoms with van der Waals surface area (Å²) in [7, 11) is 0. The van der Waals surface area contributed by atoms with Crippen molar-refractivity contribution in [2.24, 2.45) is 0 Å². The molecule has 4 heteroatoms. The standard InChI is InChI=1S/C16H21N3S/c1-12-15(3-2-10-20-12)17-11-13-4-6-14(7-5-13)16-8-9-18-19-16/h4-9,12,15,17H,2-3,10-11H2,1H3,(H,18,19). The minimum absolute atomic E-state index is 0.654. The molecule has 106 valence electrons. The van der Waals surface area contributed by atoms with Gasteiger partial charge in [-0.15, -0.1) is 0 Å². The van der Waals surface area contributed by atoms with Gasteiger partial charge in [-0.3, -0.25) is 5.10 Å². The van der Waals surface area contributed by atoms with Crippen LogP contribution in [0.1, 0.15) is 25.3 Å². The topological polar surface area (TPSA) is 40.7 Å².